The highest BCUT2D eigenvalue weighted by Crippen LogP contribution is 2.47. The maximum absolute atomic E-state index is 15.8. The molecular weight excluding hydrogens is 523 g/mol. The number of hydrogen-bond donors (Lipinski definition) is 0. The molecule has 0 bridgehead atoms. The van der Waals surface area contributed by atoms with Gasteiger partial charge >= 0.3 is 0 Å². The molecule has 0 N–H and O–H groups in total. The molecule has 2 aromatic heterocycles. The van der Waals surface area contributed by atoms with Crippen LogP contribution in [-0.4, -0.2) is 16.5 Å². The minimum atomic E-state index is -3.31. The maximum Gasteiger partial charge on any atom is 0.171 e. The summed E-state index contributed by atoms with van der Waals surface area (Å²) in [5.41, 5.74) is 6.78. The second-order valence-corrected chi connectivity index (χ2v) is 13.2. The van der Waals surface area contributed by atoms with E-state index in [0.29, 0.717) is 0 Å². The van der Waals surface area contributed by atoms with E-state index in [1.807, 2.05) is 91.0 Å². The van der Waals surface area contributed by atoms with Gasteiger partial charge in [0.25, 0.3) is 0 Å². The molecule has 0 saturated carbocycles. The first-order valence-corrected chi connectivity index (χ1v) is 15.4. The minimum Gasteiger partial charge on any atom is -0.497 e. The molecule has 41 heavy (non-hydrogen) atoms. The van der Waals surface area contributed by atoms with Crippen molar-refractivity contribution in [1.29, 1.82) is 0 Å². The molecule has 0 radical (unpaired) electrons. The molecule has 0 aliphatic carbocycles. The zero-order valence-electron chi connectivity index (χ0n) is 23.2. The molecule has 0 saturated heterocycles. The van der Waals surface area contributed by atoms with E-state index < -0.39 is 7.14 Å². The molecular formula is C36H29N2O2P. The number of aromatic nitrogens is 2. The second-order valence-electron chi connectivity index (χ2n) is 10.4. The number of rotatable bonds is 5. The number of hydrogen-bond acceptors (Lipinski definition) is 3. The standard InChI is InChI=1S/C36H29N2O2P/c1-24-22-25(2)38-32-23-27(40-3)19-20-31(32)37-35(36(24)38)34-30-17-11-10-12-26(30)18-21-33(34)41(39,28-13-6-4-7-14-28)29-15-8-5-9-16-29/h4-23H,1-3H3. The van der Waals surface area contributed by atoms with E-state index in [2.05, 4.69) is 48.6 Å². The van der Waals surface area contributed by atoms with Gasteiger partial charge in [0.1, 0.15) is 5.75 Å². The van der Waals surface area contributed by atoms with Crippen molar-refractivity contribution in [2.24, 2.45) is 0 Å². The minimum absolute atomic E-state index is 0.780. The number of fused-ring (bicyclic) bond motifs is 4. The van der Waals surface area contributed by atoms with Crippen molar-refractivity contribution in [2.45, 2.75) is 13.8 Å². The third-order valence-corrected chi connectivity index (χ3v) is 11.1. The number of aryl methyl sites for hydroxylation is 2. The lowest BCUT2D eigenvalue weighted by Crippen LogP contribution is -2.26. The molecule has 0 unspecified atom stereocenters. The van der Waals surface area contributed by atoms with Gasteiger partial charge < -0.3 is 13.7 Å². The van der Waals surface area contributed by atoms with E-state index in [-0.39, 0.29) is 0 Å². The summed E-state index contributed by atoms with van der Waals surface area (Å²) >= 11 is 0. The van der Waals surface area contributed by atoms with Crippen molar-refractivity contribution in [2.75, 3.05) is 7.11 Å². The van der Waals surface area contributed by atoms with E-state index in [9.17, 15) is 0 Å². The van der Waals surface area contributed by atoms with Gasteiger partial charge in [-0.25, -0.2) is 4.98 Å². The fraction of sp³-hybridized carbons (Fsp3) is 0.0833. The molecule has 0 fully saturated rings. The van der Waals surface area contributed by atoms with Crippen LogP contribution in [0, 0.1) is 13.8 Å². The van der Waals surface area contributed by atoms with E-state index >= 15 is 4.57 Å². The molecule has 0 atom stereocenters. The summed E-state index contributed by atoms with van der Waals surface area (Å²) in [7, 11) is -1.63. The summed E-state index contributed by atoms with van der Waals surface area (Å²) in [6, 6.07) is 40.4. The van der Waals surface area contributed by atoms with Gasteiger partial charge in [0.2, 0.25) is 0 Å². The maximum atomic E-state index is 15.8. The topological polar surface area (TPSA) is 43.6 Å². The Hall–Kier alpha value is -4.66. The van der Waals surface area contributed by atoms with Crippen LogP contribution in [0.4, 0.5) is 0 Å². The summed E-state index contributed by atoms with van der Waals surface area (Å²) in [4.78, 5) is 5.34. The molecule has 7 rings (SSSR count). The SMILES string of the molecule is COc1ccc2nc(-c3c(P(=O)(c4ccccc4)c4ccccc4)ccc4ccccc34)c3c(C)cc(C)n3c2c1. The Morgan fingerprint density at radius 1 is 0.732 bits per heavy atom. The quantitative estimate of drug-likeness (QED) is 0.207. The van der Waals surface area contributed by atoms with Crippen LogP contribution in [0.5, 0.6) is 5.75 Å². The molecule has 0 aliphatic rings. The molecule has 200 valence electrons. The highest BCUT2D eigenvalue weighted by atomic mass is 31.2. The van der Waals surface area contributed by atoms with Gasteiger partial charge in [-0.3, -0.25) is 0 Å². The normalized spacial score (nSPS) is 11.9. The molecule has 0 spiro atoms. The van der Waals surface area contributed by atoms with Crippen LogP contribution < -0.4 is 20.7 Å². The van der Waals surface area contributed by atoms with Crippen molar-refractivity contribution in [3.8, 4) is 17.0 Å². The Labute approximate surface area is 239 Å². The Morgan fingerprint density at radius 2 is 1.39 bits per heavy atom. The molecule has 2 heterocycles. The van der Waals surface area contributed by atoms with Crippen LogP contribution in [-0.2, 0) is 4.57 Å². The molecule has 4 nitrogen and oxygen atoms in total. The van der Waals surface area contributed by atoms with Gasteiger partial charge in [0, 0.05) is 33.2 Å². The third-order valence-electron chi connectivity index (χ3n) is 7.98. The van der Waals surface area contributed by atoms with Crippen LogP contribution >= 0.6 is 7.14 Å². The van der Waals surface area contributed by atoms with Crippen molar-refractivity contribution in [3.63, 3.8) is 0 Å². The van der Waals surface area contributed by atoms with E-state index in [1.54, 1.807) is 7.11 Å². The van der Waals surface area contributed by atoms with Crippen LogP contribution in [0.1, 0.15) is 11.3 Å². The van der Waals surface area contributed by atoms with Crippen molar-refractivity contribution in [3.05, 3.63) is 133 Å². The third kappa shape index (κ3) is 3.90. The van der Waals surface area contributed by atoms with Gasteiger partial charge in [-0.05, 0) is 54.4 Å². The summed E-state index contributed by atoms with van der Waals surface area (Å²) < 4.78 is 23.6. The Morgan fingerprint density at radius 3 is 2.07 bits per heavy atom. The predicted octanol–water partition coefficient (Wildman–Crippen LogP) is 7.57. The number of methoxy groups -OCH3 is 1. The van der Waals surface area contributed by atoms with Gasteiger partial charge in [0.15, 0.2) is 7.14 Å². The highest BCUT2D eigenvalue weighted by molar-refractivity contribution is 7.85. The summed E-state index contributed by atoms with van der Waals surface area (Å²) in [6.07, 6.45) is 0. The molecule has 5 heteroatoms. The fourth-order valence-electron chi connectivity index (χ4n) is 6.13. The molecule has 7 aromatic rings. The van der Waals surface area contributed by atoms with Crippen LogP contribution in [0.3, 0.4) is 0 Å². The second kappa shape index (κ2) is 9.76. The average molecular weight is 553 g/mol. The highest BCUT2D eigenvalue weighted by Gasteiger charge is 2.34. The summed E-state index contributed by atoms with van der Waals surface area (Å²) in [5.74, 6) is 0.780. The van der Waals surface area contributed by atoms with Gasteiger partial charge in [0.05, 0.1) is 29.4 Å². The molecule has 0 aliphatic heterocycles. The van der Waals surface area contributed by atoms with Crippen molar-refractivity contribution < 1.29 is 9.30 Å². The molecule has 0 amide bonds. The Bertz CT molecular complexity index is 2090. The summed E-state index contributed by atoms with van der Waals surface area (Å²) in [5, 5.41) is 4.49. The zero-order chi connectivity index (χ0) is 28.1. The largest absolute Gasteiger partial charge is 0.497 e. The van der Waals surface area contributed by atoms with Crippen LogP contribution in [0.25, 0.3) is 38.6 Å². The summed E-state index contributed by atoms with van der Waals surface area (Å²) in [6.45, 7) is 4.24. The van der Waals surface area contributed by atoms with E-state index in [0.717, 1.165) is 71.5 Å². The van der Waals surface area contributed by atoms with Crippen molar-refractivity contribution in [1.82, 2.24) is 9.38 Å². The van der Waals surface area contributed by atoms with Crippen LogP contribution in [0.2, 0.25) is 0 Å². The zero-order valence-corrected chi connectivity index (χ0v) is 24.1. The Balaban J connectivity index is 1.69. The van der Waals surface area contributed by atoms with E-state index in [1.165, 1.54) is 0 Å². The first kappa shape index (κ1) is 25.3. The number of ether oxygens (including phenoxy) is 1. The lowest BCUT2D eigenvalue weighted by atomic mass is 10.00. The van der Waals surface area contributed by atoms with Crippen LogP contribution in [0.15, 0.2) is 121 Å². The predicted molar refractivity (Wildman–Crippen MR) is 171 cm³/mol. The number of nitrogens with zero attached hydrogens (tertiary/aromatic N) is 2. The van der Waals surface area contributed by atoms with Gasteiger partial charge in [-0.2, -0.15) is 0 Å². The first-order valence-electron chi connectivity index (χ1n) is 13.7. The number of benzene rings is 5. The monoisotopic (exact) mass is 552 g/mol. The molecule has 5 aromatic carbocycles. The van der Waals surface area contributed by atoms with E-state index in [4.69, 9.17) is 9.72 Å². The van der Waals surface area contributed by atoms with Gasteiger partial charge in [-0.1, -0.05) is 91.0 Å². The lowest BCUT2D eigenvalue weighted by Gasteiger charge is -2.24. The average Bonchev–Trinajstić information content (AvgIpc) is 3.34. The lowest BCUT2D eigenvalue weighted by molar-refractivity contribution is 0.415. The van der Waals surface area contributed by atoms with Gasteiger partial charge in [-0.15, -0.1) is 0 Å². The first-order chi connectivity index (χ1) is 20.0. The fourth-order valence-corrected chi connectivity index (χ4v) is 8.99. The Kier molecular flexibility index (Phi) is 6.03. The smallest absolute Gasteiger partial charge is 0.171 e. The van der Waals surface area contributed by atoms with Crippen molar-refractivity contribution >= 4 is 50.4 Å².